The van der Waals surface area contributed by atoms with E-state index in [-0.39, 0.29) is 18.0 Å². The van der Waals surface area contributed by atoms with Crippen molar-refractivity contribution in [3.63, 3.8) is 0 Å². The van der Waals surface area contributed by atoms with E-state index in [0.29, 0.717) is 43.0 Å². The standard InChI is InChI=1S/C23H28N4O3/c1-16-24-14-19(20(25-16)17-7-5-4-6-8-17)21(28)27-11-9-23(10-12-27)13-18(15-26(2)3)30-22(23)29/h4-8,14,18H,9-13,15H2,1-3H3. The second-order valence-electron chi connectivity index (χ2n) is 8.61. The molecule has 2 aliphatic heterocycles. The number of nitrogens with zero attached hydrogens (tertiary/aromatic N) is 4. The van der Waals surface area contributed by atoms with Gasteiger partial charge in [0.05, 0.1) is 16.7 Å². The number of cyclic esters (lactones) is 1. The van der Waals surface area contributed by atoms with Crippen LogP contribution < -0.4 is 0 Å². The van der Waals surface area contributed by atoms with E-state index in [2.05, 4.69) is 9.97 Å². The molecule has 1 atom stereocenters. The van der Waals surface area contributed by atoms with Gasteiger partial charge < -0.3 is 14.5 Å². The number of piperidine rings is 1. The van der Waals surface area contributed by atoms with Crippen molar-refractivity contribution in [1.29, 1.82) is 0 Å². The Kier molecular flexibility index (Phi) is 5.56. The first-order chi connectivity index (χ1) is 14.4. The van der Waals surface area contributed by atoms with Gasteiger partial charge in [0, 0.05) is 37.8 Å². The number of amides is 1. The molecule has 2 saturated heterocycles. The number of benzene rings is 1. The van der Waals surface area contributed by atoms with E-state index in [1.807, 2.05) is 61.2 Å². The summed E-state index contributed by atoms with van der Waals surface area (Å²) in [6, 6.07) is 9.70. The van der Waals surface area contributed by atoms with Crippen LogP contribution in [0.4, 0.5) is 0 Å². The SMILES string of the molecule is Cc1ncc(C(=O)N2CCC3(CC2)CC(CN(C)C)OC3=O)c(-c2ccccc2)n1. The van der Waals surface area contributed by atoms with Gasteiger partial charge in [0.15, 0.2) is 0 Å². The maximum Gasteiger partial charge on any atom is 0.312 e. The smallest absolute Gasteiger partial charge is 0.312 e. The minimum atomic E-state index is -0.455. The molecule has 0 aliphatic carbocycles. The molecule has 0 radical (unpaired) electrons. The van der Waals surface area contributed by atoms with Crippen molar-refractivity contribution in [2.75, 3.05) is 33.7 Å². The van der Waals surface area contributed by atoms with Gasteiger partial charge in [-0.25, -0.2) is 9.97 Å². The summed E-state index contributed by atoms with van der Waals surface area (Å²) in [6.45, 7) is 3.62. The molecule has 1 amide bonds. The fourth-order valence-electron chi connectivity index (χ4n) is 4.51. The van der Waals surface area contributed by atoms with Crippen molar-refractivity contribution in [3.8, 4) is 11.3 Å². The Morgan fingerprint density at radius 1 is 1.23 bits per heavy atom. The summed E-state index contributed by atoms with van der Waals surface area (Å²) in [4.78, 5) is 38.6. The van der Waals surface area contributed by atoms with Crippen LogP contribution in [0, 0.1) is 12.3 Å². The number of carbonyl (C=O) groups excluding carboxylic acids is 2. The lowest BCUT2D eigenvalue weighted by Crippen LogP contribution is -2.45. The average molecular weight is 409 g/mol. The predicted octanol–water partition coefficient (Wildman–Crippen LogP) is 2.55. The molecule has 30 heavy (non-hydrogen) atoms. The van der Waals surface area contributed by atoms with E-state index in [1.165, 1.54) is 0 Å². The third kappa shape index (κ3) is 3.94. The van der Waals surface area contributed by atoms with Gasteiger partial charge in [0.2, 0.25) is 0 Å². The number of carbonyl (C=O) groups is 2. The molecular weight excluding hydrogens is 380 g/mol. The molecule has 2 aliphatic rings. The topological polar surface area (TPSA) is 75.6 Å². The molecule has 3 heterocycles. The highest BCUT2D eigenvalue weighted by atomic mass is 16.6. The van der Waals surface area contributed by atoms with Crippen molar-refractivity contribution in [1.82, 2.24) is 19.8 Å². The van der Waals surface area contributed by atoms with Crippen LogP contribution in [0.5, 0.6) is 0 Å². The number of rotatable bonds is 4. The normalized spacial score (nSPS) is 20.6. The van der Waals surface area contributed by atoms with E-state index >= 15 is 0 Å². The molecule has 2 fully saturated rings. The van der Waals surface area contributed by atoms with Crippen LogP contribution in [0.25, 0.3) is 11.3 Å². The van der Waals surface area contributed by atoms with Crippen LogP contribution in [0.15, 0.2) is 36.5 Å². The van der Waals surface area contributed by atoms with Gasteiger partial charge in [-0.05, 0) is 33.9 Å². The fourth-order valence-corrected chi connectivity index (χ4v) is 4.51. The highest BCUT2D eigenvalue weighted by Crippen LogP contribution is 2.43. The molecule has 0 N–H and O–H groups in total. The van der Waals surface area contributed by atoms with E-state index in [1.54, 1.807) is 6.20 Å². The van der Waals surface area contributed by atoms with Crippen molar-refractivity contribution >= 4 is 11.9 Å². The first-order valence-corrected chi connectivity index (χ1v) is 10.4. The van der Waals surface area contributed by atoms with Gasteiger partial charge in [-0.3, -0.25) is 9.59 Å². The minimum Gasteiger partial charge on any atom is -0.461 e. The zero-order valence-electron chi connectivity index (χ0n) is 17.8. The largest absolute Gasteiger partial charge is 0.461 e. The Bertz CT molecular complexity index is 937. The van der Waals surface area contributed by atoms with Gasteiger partial charge in [-0.2, -0.15) is 0 Å². The molecule has 1 unspecified atom stereocenters. The zero-order valence-corrected chi connectivity index (χ0v) is 17.8. The summed E-state index contributed by atoms with van der Waals surface area (Å²) in [7, 11) is 3.96. The molecule has 158 valence electrons. The zero-order chi connectivity index (χ0) is 21.3. The highest BCUT2D eigenvalue weighted by molar-refractivity contribution is 5.99. The van der Waals surface area contributed by atoms with E-state index in [4.69, 9.17) is 4.74 Å². The molecule has 0 bridgehead atoms. The maximum absolute atomic E-state index is 13.3. The van der Waals surface area contributed by atoms with Gasteiger partial charge in [-0.1, -0.05) is 30.3 Å². The fraction of sp³-hybridized carbons (Fsp3) is 0.478. The highest BCUT2D eigenvalue weighted by Gasteiger charge is 2.50. The number of aromatic nitrogens is 2. The Balaban J connectivity index is 1.50. The number of aryl methyl sites for hydroxylation is 1. The summed E-state index contributed by atoms with van der Waals surface area (Å²) in [5.41, 5.74) is 1.59. The molecular formula is C23H28N4O3. The third-order valence-corrected chi connectivity index (χ3v) is 6.09. The summed E-state index contributed by atoms with van der Waals surface area (Å²) in [5, 5.41) is 0. The summed E-state index contributed by atoms with van der Waals surface area (Å²) >= 11 is 0. The lowest BCUT2D eigenvalue weighted by atomic mass is 9.76. The van der Waals surface area contributed by atoms with Gasteiger partial charge >= 0.3 is 5.97 Å². The number of hydrogen-bond donors (Lipinski definition) is 0. The first kappa shape index (κ1) is 20.5. The van der Waals surface area contributed by atoms with Crippen LogP contribution >= 0.6 is 0 Å². The van der Waals surface area contributed by atoms with Crippen molar-refractivity contribution < 1.29 is 14.3 Å². The molecule has 7 heteroatoms. The quantitative estimate of drug-likeness (QED) is 0.724. The van der Waals surface area contributed by atoms with Gasteiger partial charge in [0.1, 0.15) is 11.9 Å². The monoisotopic (exact) mass is 408 g/mol. The van der Waals surface area contributed by atoms with Crippen LogP contribution in [0.1, 0.15) is 35.4 Å². The minimum absolute atomic E-state index is 0.0649. The Labute approximate surface area is 177 Å². The molecule has 1 aromatic heterocycles. The van der Waals surface area contributed by atoms with Crippen molar-refractivity contribution in [2.24, 2.45) is 5.41 Å². The molecule has 0 saturated carbocycles. The van der Waals surface area contributed by atoms with Crippen LogP contribution in [-0.2, 0) is 9.53 Å². The van der Waals surface area contributed by atoms with Crippen LogP contribution in [0.3, 0.4) is 0 Å². The second-order valence-corrected chi connectivity index (χ2v) is 8.61. The Hall–Kier alpha value is -2.80. The molecule has 1 aromatic carbocycles. The predicted molar refractivity (Wildman–Crippen MR) is 113 cm³/mol. The lowest BCUT2D eigenvalue weighted by Gasteiger charge is -2.36. The number of ether oxygens (including phenoxy) is 1. The van der Waals surface area contributed by atoms with Crippen molar-refractivity contribution in [2.45, 2.75) is 32.3 Å². The molecule has 1 spiro atoms. The van der Waals surface area contributed by atoms with E-state index in [0.717, 1.165) is 18.5 Å². The van der Waals surface area contributed by atoms with E-state index < -0.39 is 5.41 Å². The summed E-state index contributed by atoms with van der Waals surface area (Å²) in [6.07, 6.45) is 3.55. The van der Waals surface area contributed by atoms with E-state index in [9.17, 15) is 9.59 Å². The van der Waals surface area contributed by atoms with Crippen molar-refractivity contribution in [3.05, 3.63) is 47.9 Å². The number of hydrogen-bond acceptors (Lipinski definition) is 6. The Morgan fingerprint density at radius 3 is 2.60 bits per heavy atom. The van der Waals surface area contributed by atoms with Crippen LogP contribution in [0.2, 0.25) is 0 Å². The lowest BCUT2D eigenvalue weighted by molar-refractivity contribution is -0.150. The average Bonchev–Trinajstić information content (AvgIpc) is 3.02. The molecule has 2 aromatic rings. The first-order valence-electron chi connectivity index (χ1n) is 10.4. The maximum atomic E-state index is 13.3. The molecule has 4 rings (SSSR count). The second kappa shape index (κ2) is 8.14. The summed E-state index contributed by atoms with van der Waals surface area (Å²) in [5.74, 6) is 0.439. The van der Waals surface area contributed by atoms with Gasteiger partial charge in [0.25, 0.3) is 5.91 Å². The summed E-state index contributed by atoms with van der Waals surface area (Å²) < 4.78 is 5.63. The number of likely N-dealkylation sites (N-methyl/N-ethyl adjacent to an activating group) is 1. The van der Waals surface area contributed by atoms with Crippen LogP contribution in [-0.4, -0.2) is 71.5 Å². The number of esters is 1. The third-order valence-electron chi connectivity index (χ3n) is 6.09. The number of likely N-dealkylation sites (tertiary alicyclic amines) is 1. The Morgan fingerprint density at radius 2 is 1.93 bits per heavy atom. The molecule has 7 nitrogen and oxygen atoms in total. The van der Waals surface area contributed by atoms with Gasteiger partial charge in [-0.15, -0.1) is 0 Å².